The summed E-state index contributed by atoms with van der Waals surface area (Å²) >= 11 is 0. The summed E-state index contributed by atoms with van der Waals surface area (Å²) in [6.45, 7) is 7.42. The van der Waals surface area contributed by atoms with Crippen LogP contribution in [0, 0.1) is 31.1 Å². The number of hydrogen-bond acceptors (Lipinski definition) is 2. The second-order valence-corrected chi connectivity index (χ2v) is 4.75. The third kappa shape index (κ3) is 1.78. The number of nitrogens with zero attached hydrogens (tertiary/aromatic N) is 2. The lowest BCUT2D eigenvalue weighted by Gasteiger charge is -2.26. The molecule has 2 heteroatoms. The molecule has 0 amide bonds. The van der Waals surface area contributed by atoms with Gasteiger partial charge in [0, 0.05) is 18.3 Å². The molecule has 0 radical (unpaired) electrons. The van der Waals surface area contributed by atoms with Gasteiger partial charge in [-0.15, -0.1) is 0 Å². The van der Waals surface area contributed by atoms with E-state index in [1.807, 2.05) is 0 Å². The number of aryl methyl sites for hydroxylation is 2. The zero-order valence-corrected chi connectivity index (χ0v) is 10.2. The van der Waals surface area contributed by atoms with Gasteiger partial charge in [0.15, 0.2) is 0 Å². The van der Waals surface area contributed by atoms with Crippen LogP contribution in [0.25, 0.3) is 0 Å². The maximum Gasteiger partial charge on any atom is 0.0681 e. The summed E-state index contributed by atoms with van der Waals surface area (Å²) in [5, 5.41) is 9.04. The molecule has 1 fully saturated rings. The molecule has 2 rings (SSSR count). The van der Waals surface area contributed by atoms with Crippen LogP contribution in [0.4, 0.5) is 5.69 Å². The number of benzene rings is 1. The first-order valence-corrected chi connectivity index (χ1v) is 5.87. The van der Waals surface area contributed by atoms with E-state index >= 15 is 0 Å². The first-order chi connectivity index (χ1) is 7.63. The van der Waals surface area contributed by atoms with E-state index in [-0.39, 0.29) is 5.92 Å². The summed E-state index contributed by atoms with van der Waals surface area (Å²) in [5.41, 5.74) is 3.89. The van der Waals surface area contributed by atoms with Gasteiger partial charge < -0.3 is 4.90 Å². The van der Waals surface area contributed by atoms with Crippen LogP contribution >= 0.6 is 0 Å². The highest BCUT2D eigenvalue weighted by Gasteiger charge is 2.31. The summed E-state index contributed by atoms with van der Waals surface area (Å²) in [5.74, 6) is 0.181. The van der Waals surface area contributed by atoms with Crippen molar-refractivity contribution in [3.63, 3.8) is 0 Å². The second-order valence-electron chi connectivity index (χ2n) is 4.75. The van der Waals surface area contributed by atoms with E-state index < -0.39 is 0 Å². The van der Waals surface area contributed by atoms with Crippen molar-refractivity contribution in [2.75, 3.05) is 11.4 Å². The van der Waals surface area contributed by atoms with Crippen molar-refractivity contribution >= 4 is 5.69 Å². The summed E-state index contributed by atoms with van der Waals surface area (Å²) in [6, 6.07) is 9.28. The molecule has 0 N–H and O–H groups in total. The monoisotopic (exact) mass is 214 g/mol. The Balaban J connectivity index is 2.29. The van der Waals surface area contributed by atoms with Gasteiger partial charge in [-0.1, -0.05) is 17.7 Å². The van der Waals surface area contributed by atoms with Crippen LogP contribution in [0.2, 0.25) is 0 Å². The highest BCUT2D eigenvalue weighted by atomic mass is 15.2. The molecule has 16 heavy (non-hydrogen) atoms. The van der Waals surface area contributed by atoms with Crippen LogP contribution in [-0.2, 0) is 0 Å². The van der Waals surface area contributed by atoms with Gasteiger partial charge in [-0.25, -0.2) is 0 Å². The molecular weight excluding hydrogens is 196 g/mol. The lowest BCUT2D eigenvalue weighted by atomic mass is 10.0. The van der Waals surface area contributed by atoms with Gasteiger partial charge in [-0.2, -0.15) is 5.26 Å². The number of rotatable bonds is 1. The van der Waals surface area contributed by atoms with Crippen molar-refractivity contribution in [2.45, 2.75) is 33.2 Å². The molecule has 0 aromatic heterocycles. The molecular formula is C14H18N2. The van der Waals surface area contributed by atoms with E-state index in [1.165, 1.54) is 16.8 Å². The third-order valence-corrected chi connectivity index (χ3v) is 3.58. The topological polar surface area (TPSA) is 27.0 Å². The average Bonchev–Trinajstić information content (AvgIpc) is 2.60. The second kappa shape index (κ2) is 4.17. The maximum absolute atomic E-state index is 9.04. The predicted octanol–water partition coefficient (Wildman–Crippen LogP) is 3.04. The van der Waals surface area contributed by atoms with Crippen molar-refractivity contribution in [3.05, 3.63) is 29.3 Å². The zero-order valence-electron chi connectivity index (χ0n) is 10.2. The Labute approximate surface area is 97.5 Å². The fraction of sp³-hybridized carbons (Fsp3) is 0.500. The largest absolute Gasteiger partial charge is 0.367 e. The van der Waals surface area contributed by atoms with Gasteiger partial charge in [0.1, 0.15) is 0 Å². The Morgan fingerprint density at radius 3 is 2.69 bits per heavy atom. The minimum atomic E-state index is 0.181. The highest BCUT2D eigenvalue weighted by molar-refractivity contribution is 5.56. The highest BCUT2D eigenvalue weighted by Crippen LogP contribution is 2.31. The molecule has 2 atom stereocenters. The summed E-state index contributed by atoms with van der Waals surface area (Å²) in [6.07, 6.45) is 0.991. The van der Waals surface area contributed by atoms with E-state index in [4.69, 9.17) is 5.26 Å². The minimum Gasteiger partial charge on any atom is -0.367 e. The van der Waals surface area contributed by atoms with E-state index in [1.54, 1.807) is 0 Å². The number of anilines is 1. The first kappa shape index (κ1) is 11.0. The fourth-order valence-corrected chi connectivity index (χ4v) is 2.58. The molecule has 2 nitrogen and oxygen atoms in total. The molecule has 1 aromatic rings. The maximum atomic E-state index is 9.04. The van der Waals surface area contributed by atoms with Gasteiger partial charge in [-0.05, 0) is 38.8 Å². The molecule has 0 saturated carbocycles. The number of hydrogen-bond donors (Lipinski definition) is 0. The molecule has 2 unspecified atom stereocenters. The Hall–Kier alpha value is -1.49. The first-order valence-electron chi connectivity index (χ1n) is 5.87. The van der Waals surface area contributed by atoms with Crippen LogP contribution < -0.4 is 4.90 Å². The predicted molar refractivity (Wildman–Crippen MR) is 66.4 cm³/mol. The SMILES string of the molecule is Cc1ccc(N2CCC(C#N)C2C)c(C)c1. The van der Waals surface area contributed by atoms with Crippen molar-refractivity contribution in [1.82, 2.24) is 0 Å². The summed E-state index contributed by atoms with van der Waals surface area (Å²) in [4.78, 5) is 2.36. The number of nitriles is 1. The quantitative estimate of drug-likeness (QED) is 0.718. The van der Waals surface area contributed by atoms with E-state index in [0.717, 1.165) is 13.0 Å². The standard InChI is InChI=1S/C14H18N2/c1-10-4-5-14(11(2)8-10)16-7-6-13(9-15)12(16)3/h4-5,8,12-13H,6-7H2,1-3H3. The van der Waals surface area contributed by atoms with Crippen molar-refractivity contribution in [3.8, 4) is 6.07 Å². The molecule has 1 aliphatic heterocycles. The van der Waals surface area contributed by atoms with Crippen LogP contribution in [0.1, 0.15) is 24.5 Å². The van der Waals surface area contributed by atoms with Crippen molar-refractivity contribution < 1.29 is 0 Å². The van der Waals surface area contributed by atoms with Gasteiger partial charge in [0.05, 0.1) is 12.0 Å². The molecule has 0 aliphatic carbocycles. The molecule has 1 aromatic carbocycles. The Morgan fingerprint density at radius 1 is 1.38 bits per heavy atom. The molecule has 1 saturated heterocycles. The average molecular weight is 214 g/mol. The summed E-state index contributed by atoms with van der Waals surface area (Å²) < 4.78 is 0. The van der Waals surface area contributed by atoms with Gasteiger partial charge in [0.2, 0.25) is 0 Å². The molecule has 0 spiro atoms. The Kier molecular flexibility index (Phi) is 2.87. The van der Waals surface area contributed by atoms with Crippen molar-refractivity contribution in [1.29, 1.82) is 5.26 Å². The van der Waals surface area contributed by atoms with E-state index in [0.29, 0.717) is 6.04 Å². The molecule has 1 aliphatic rings. The normalized spacial score (nSPS) is 24.5. The lowest BCUT2D eigenvalue weighted by molar-refractivity contribution is 0.615. The Morgan fingerprint density at radius 2 is 2.12 bits per heavy atom. The minimum absolute atomic E-state index is 0.181. The van der Waals surface area contributed by atoms with Gasteiger partial charge in [-0.3, -0.25) is 0 Å². The van der Waals surface area contributed by atoms with Crippen LogP contribution in [0.15, 0.2) is 18.2 Å². The Bertz CT molecular complexity index is 431. The van der Waals surface area contributed by atoms with E-state index in [2.05, 4.69) is 49.9 Å². The van der Waals surface area contributed by atoms with E-state index in [9.17, 15) is 0 Å². The third-order valence-electron chi connectivity index (χ3n) is 3.58. The van der Waals surface area contributed by atoms with Gasteiger partial charge in [0.25, 0.3) is 0 Å². The lowest BCUT2D eigenvalue weighted by Crippen LogP contribution is -2.30. The van der Waals surface area contributed by atoms with Gasteiger partial charge >= 0.3 is 0 Å². The fourth-order valence-electron chi connectivity index (χ4n) is 2.58. The molecule has 1 heterocycles. The summed E-state index contributed by atoms with van der Waals surface area (Å²) in [7, 11) is 0. The van der Waals surface area contributed by atoms with Crippen molar-refractivity contribution in [2.24, 2.45) is 5.92 Å². The molecule has 0 bridgehead atoms. The smallest absolute Gasteiger partial charge is 0.0681 e. The zero-order chi connectivity index (χ0) is 11.7. The van der Waals surface area contributed by atoms with Crippen LogP contribution in [0.5, 0.6) is 0 Å². The molecule has 84 valence electrons. The van der Waals surface area contributed by atoms with Crippen LogP contribution in [0.3, 0.4) is 0 Å². The van der Waals surface area contributed by atoms with Crippen LogP contribution in [-0.4, -0.2) is 12.6 Å².